The molecule has 2 nitrogen and oxygen atoms in total. The van der Waals surface area contributed by atoms with Crippen LogP contribution in [0.15, 0.2) is 0 Å². The van der Waals surface area contributed by atoms with Gasteiger partial charge in [-0.15, -0.1) is 6.04 Å². The van der Waals surface area contributed by atoms with Crippen molar-refractivity contribution in [3.05, 3.63) is 5.73 Å². The molecule has 0 aliphatic rings. The zero-order valence-corrected chi connectivity index (χ0v) is 7.35. The molecule has 0 amide bonds. The van der Waals surface area contributed by atoms with Gasteiger partial charge in [-0.25, -0.2) is 0 Å². The summed E-state index contributed by atoms with van der Waals surface area (Å²) in [7, 11) is 0. The Balaban J connectivity index is 0. The first-order chi connectivity index (χ1) is 2.81. The summed E-state index contributed by atoms with van der Waals surface area (Å²) < 4.78 is 0. The summed E-state index contributed by atoms with van der Waals surface area (Å²) in [5.74, 6) is 0. The van der Waals surface area contributed by atoms with Crippen LogP contribution in [0.5, 0.6) is 0 Å². The van der Waals surface area contributed by atoms with Crippen LogP contribution < -0.4 is 0 Å². The first-order valence-electron chi connectivity index (χ1n) is 2.13. The van der Waals surface area contributed by atoms with E-state index in [2.05, 4.69) is 0 Å². The van der Waals surface area contributed by atoms with Gasteiger partial charge in [0.25, 0.3) is 0 Å². The molecule has 2 N–H and O–H groups in total. The Morgan fingerprint density at radius 3 is 2.14 bits per heavy atom. The molecular formula is C4H10NOY-. The van der Waals surface area contributed by atoms with E-state index in [9.17, 15) is 0 Å². The largest absolute Gasteiger partial charge is 0.673 e. The maximum Gasteiger partial charge on any atom is 0.0269 e. The molecule has 3 heteroatoms. The molecule has 1 radical (unpaired) electrons. The molecule has 0 aliphatic heterocycles. The quantitative estimate of drug-likeness (QED) is 0.666. The monoisotopic (exact) mass is 177 g/mol. The maximum atomic E-state index is 8.15. The molecule has 0 rings (SSSR count). The van der Waals surface area contributed by atoms with E-state index in [1.54, 1.807) is 0 Å². The molecule has 0 heterocycles. The Morgan fingerprint density at radius 2 is 2.14 bits per heavy atom. The molecule has 7 heavy (non-hydrogen) atoms. The molecular weight excluding hydrogens is 167 g/mol. The molecule has 0 aromatic heterocycles. The predicted octanol–water partition coefficient (Wildman–Crippen LogP) is 0.807. The summed E-state index contributed by atoms with van der Waals surface area (Å²) >= 11 is 0. The summed E-state index contributed by atoms with van der Waals surface area (Å²) in [6, 6.07) is -0.259. The molecule has 0 spiro atoms. The van der Waals surface area contributed by atoms with Gasteiger partial charge in [0.1, 0.15) is 0 Å². The third-order valence-electron chi connectivity index (χ3n) is 0.713. The van der Waals surface area contributed by atoms with Gasteiger partial charge in [0.05, 0.1) is 0 Å². The van der Waals surface area contributed by atoms with Crippen molar-refractivity contribution in [2.24, 2.45) is 0 Å². The van der Waals surface area contributed by atoms with E-state index in [4.69, 9.17) is 10.8 Å². The van der Waals surface area contributed by atoms with Crippen LogP contribution in [0.2, 0.25) is 0 Å². The molecule has 1 atom stereocenters. The van der Waals surface area contributed by atoms with E-state index in [0.29, 0.717) is 0 Å². The summed E-state index contributed by atoms with van der Waals surface area (Å²) in [5, 5.41) is 8.15. The molecule has 0 saturated carbocycles. The van der Waals surface area contributed by atoms with Crippen LogP contribution in [0.4, 0.5) is 0 Å². The second-order valence-electron chi connectivity index (χ2n) is 1.29. The fourth-order valence-corrected chi connectivity index (χ4v) is 0.129. The average Bonchev–Trinajstić information content (AvgIpc) is 1.65. The summed E-state index contributed by atoms with van der Waals surface area (Å²) in [6.07, 6.45) is 0.747. The second kappa shape index (κ2) is 7.02. The van der Waals surface area contributed by atoms with Gasteiger partial charge >= 0.3 is 0 Å². The van der Waals surface area contributed by atoms with E-state index >= 15 is 0 Å². The van der Waals surface area contributed by atoms with Crippen LogP contribution in [-0.4, -0.2) is 17.8 Å². The first kappa shape index (κ1) is 10.9. The minimum atomic E-state index is -0.259. The third kappa shape index (κ3) is 7.02. The van der Waals surface area contributed by atoms with Crippen molar-refractivity contribution in [1.82, 2.24) is 0 Å². The molecule has 0 aromatic carbocycles. The van der Waals surface area contributed by atoms with E-state index in [0.717, 1.165) is 6.42 Å². The Morgan fingerprint density at radius 1 is 1.71 bits per heavy atom. The molecule has 0 bridgehead atoms. The van der Waals surface area contributed by atoms with Gasteiger partial charge in [-0.3, -0.25) is 0 Å². The van der Waals surface area contributed by atoms with Crippen molar-refractivity contribution in [2.45, 2.75) is 19.4 Å². The van der Waals surface area contributed by atoms with Gasteiger partial charge in [-0.1, -0.05) is 13.3 Å². The van der Waals surface area contributed by atoms with Crippen molar-refractivity contribution in [1.29, 1.82) is 0 Å². The Bertz CT molecular complexity index is 30.9. The Kier molecular flexibility index (Phi) is 10.9. The Labute approximate surface area is 69.4 Å². The van der Waals surface area contributed by atoms with Crippen LogP contribution in [0.25, 0.3) is 5.73 Å². The third-order valence-corrected chi connectivity index (χ3v) is 0.713. The Hall–Kier alpha value is 1.02. The van der Waals surface area contributed by atoms with Gasteiger partial charge in [0, 0.05) is 39.3 Å². The predicted molar refractivity (Wildman–Crippen MR) is 25.5 cm³/mol. The van der Waals surface area contributed by atoms with Gasteiger partial charge in [-0.2, -0.15) is 0 Å². The SMILES string of the molecule is CC[C@@H]([NH-])CO.[Y]. The number of rotatable bonds is 2. The van der Waals surface area contributed by atoms with Gasteiger partial charge in [-0.05, 0) is 0 Å². The number of aliphatic hydroxyl groups is 1. The van der Waals surface area contributed by atoms with E-state index in [1.165, 1.54) is 0 Å². The topological polar surface area (TPSA) is 44.0 Å². The molecule has 0 unspecified atom stereocenters. The summed E-state index contributed by atoms with van der Waals surface area (Å²) in [4.78, 5) is 0. The first-order valence-corrected chi connectivity index (χ1v) is 2.13. The van der Waals surface area contributed by atoms with Gasteiger partial charge in [0.2, 0.25) is 0 Å². The molecule has 41 valence electrons. The van der Waals surface area contributed by atoms with Crippen LogP contribution in [0, 0.1) is 0 Å². The maximum absolute atomic E-state index is 8.15. The van der Waals surface area contributed by atoms with Crippen molar-refractivity contribution in [3.63, 3.8) is 0 Å². The van der Waals surface area contributed by atoms with Crippen molar-refractivity contribution >= 4 is 0 Å². The number of nitrogens with one attached hydrogen (secondary N) is 1. The van der Waals surface area contributed by atoms with Crippen LogP contribution in [0.1, 0.15) is 13.3 Å². The average molecular weight is 177 g/mol. The minimum Gasteiger partial charge on any atom is -0.673 e. The normalized spacial score (nSPS) is 12.4. The van der Waals surface area contributed by atoms with Crippen molar-refractivity contribution in [2.75, 3.05) is 6.61 Å². The summed E-state index contributed by atoms with van der Waals surface area (Å²) in [6.45, 7) is 1.88. The zero-order valence-electron chi connectivity index (χ0n) is 4.52. The van der Waals surface area contributed by atoms with Crippen molar-refractivity contribution < 1.29 is 37.8 Å². The molecule has 0 aliphatic carbocycles. The molecule has 0 fully saturated rings. The minimum absolute atomic E-state index is 0. The summed E-state index contributed by atoms with van der Waals surface area (Å²) in [5.41, 5.74) is 6.82. The fourth-order valence-electron chi connectivity index (χ4n) is 0.129. The number of hydrogen-bond donors (Lipinski definition) is 1. The number of aliphatic hydroxyl groups excluding tert-OH is 1. The second-order valence-corrected chi connectivity index (χ2v) is 1.29. The van der Waals surface area contributed by atoms with Crippen LogP contribution >= 0.6 is 0 Å². The van der Waals surface area contributed by atoms with E-state index < -0.39 is 0 Å². The van der Waals surface area contributed by atoms with Crippen LogP contribution in [0.3, 0.4) is 0 Å². The van der Waals surface area contributed by atoms with E-state index in [-0.39, 0.29) is 45.4 Å². The van der Waals surface area contributed by atoms with E-state index in [1.807, 2.05) is 6.92 Å². The van der Waals surface area contributed by atoms with Crippen LogP contribution in [-0.2, 0) is 32.7 Å². The standard InChI is InChI=1S/C4H10NO.Y/c1-2-4(5)3-6;/h4-6H,2-3H2,1H3;/q-1;/t4-;/m1./s1. The van der Waals surface area contributed by atoms with Gasteiger partial charge < -0.3 is 10.8 Å². The van der Waals surface area contributed by atoms with Gasteiger partial charge in [0.15, 0.2) is 0 Å². The van der Waals surface area contributed by atoms with Crippen molar-refractivity contribution in [3.8, 4) is 0 Å². The number of hydrogen-bond acceptors (Lipinski definition) is 1. The smallest absolute Gasteiger partial charge is 0.0269 e. The molecule has 0 aromatic rings. The molecule has 0 saturated heterocycles. The zero-order chi connectivity index (χ0) is 4.99. The fraction of sp³-hybridized carbons (Fsp3) is 1.00.